The number of nitrogens with zero attached hydrogens (tertiary/aromatic N) is 1. The number of para-hydroxylation sites is 1. The number of anilines is 2. The lowest BCUT2D eigenvalue weighted by Gasteiger charge is -2.22. The van der Waals surface area contributed by atoms with Crippen molar-refractivity contribution in [3.8, 4) is 0 Å². The Hall–Kier alpha value is -1.27. The predicted molar refractivity (Wildman–Crippen MR) is 75.3 cm³/mol. The van der Waals surface area contributed by atoms with Gasteiger partial charge in [0.05, 0.1) is 11.4 Å². The molecule has 0 amide bonds. The van der Waals surface area contributed by atoms with Crippen LogP contribution >= 0.6 is 0 Å². The number of primary sulfonamides is 1. The fourth-order valence-electron chi connectivity index (χ4n) is 3.49. The van der Waals surface area contributed by atoms with Crippen LogP contribution < -0.4 is 15.8 Å². The summed E-state index contributed by atoms with van der Waals surface area (Å²) in [5, 5.41) is 5.19. The lowest BCUT2D eigenvalue weighted by Crippen LogP contribution is -2.23. The first-order valence-electron chi connectivity index (χ1n) is 6.63. The molecule has 104 valence electrons. The Labute approximate surface area is 113 Å². The van der Waals surface area contributed by atoms with Crippen molar-refractivity contribution in [2.75, 3.05) is 23.7 Å². The van der Waals surface area contributed by atoms with Gasteiger partial charge in [0.2, 0.25) is 10.0 Å². The summed E-state index contributed by atoms with van der Waals surface area (Å²) in [5.41, 5.74) is 7.09. The SMILES string of the molecule is Nc1c(N2CC3CCCC3C2)cccc1S(N)(=O)=O. The number of fused-ring (bicyclic) bond motifs is 1. The average molecular weight is 281 g/mol. The van der Waals surface area contributed by atoms with E-state index in [1.54, 1.807) is 6.07 Å². The first-order chi connectivity index (χ1) is 8.97. The van der Waals surface area contributed by atoms with Gasteiger partial charge < -0.3 is 10.6 Å². The Kier molecular flexibility index (Phi) is 2.94. The number of hydrogen-bond acceptors (Lipinski definition) is 4. The standard InChI is InChI=1S/C13H19N3O2S/c14-13-11(5-2-6-12(13)19(15,17)18)16-7-9-3-1-4-10(9)8-16/h2,5-6,9-10H,1,3-4,7-8,14H2,(H2,15,17,18). The summed E-state index contributed by atoms with van der Waals surface area (Å²) in [6, 6.07) is 5.05. The molecule has 1 aromatic rings. The van der Waals surface area contributed by atoms with Crippen LogP contribution in [0.4, 0.5) is 11.4 Å². The molecule has 1 heterocycles. The monoisotopic (exact) mass is 281 g/mol. The lowest BCUT2D eigenvalue weighted by molar-refractivity contribution is 0.494. The summed E-state index contributed by atoms with van der Waals surface area (Å²) in [6.45, 7) is 1.95. The van der Waals surface area contributed by atoms with E-state index in [1.807, 2.05) is 6.07 Å². The molecule has 1 saturated heterocycles. The molecule has 6 heteroatoms. The van der Waals surface area contributed by atoms with Crippen LogP contribution in [0.1, 0.15) is 19.3 Å². The molecule has 1 aliphatic heterocycles. The van der Waals surface area contributed by atoms with E-state index in [1.165, 1.54) is 25.3 Å². The number of sulfonamides is 1. The molecule has 0 aromatic heterocycles. The molecular formula is C13H19N3O2S. The molecule has 0 spiro atoms. The Bertz CT molecular complexity index is 588. The maximum atomic E-state index is 11.5. The van der Waals surface area contributed by atoms with Crippen LogP contribution in [0.5, 0.6) is 0 Å². The van der Waals surface area contributed by atoms with Gasteiger partial charge in [0.15, 0.2) is 0 Å². The summed E-state index contributed by atoms with van der Waals surface area (Å²) in [5.74, 6) is 1.47. The van der Waals surface area contributed by atoms with E-state index in [2.05, 4.69) is 4.90 Å². The van der Waals surface area contributed by atoms with E-state index in [0.29, 0.717) is 0 Å². The van der Waals surface area contributed by atoms with Crippen molar-refractivity contribution in [1.82, 2.24) is 0 Å². The van der Waals surface area contributed by atoms with Crippen LogP contribution in [0, 0.1) is 11.8 Å². The number of rotatable bonds is 2. The summed E-state index contributed by atoms with van der Waals surface area (Å²) in [4.78, 5) is 2.24. The van der Waals surface area contributed by atoms with Crippen molar-refractivity contribution in [3.05, 3.63) is 18.2 Å². The molecule has 2 aliphatic rings. The van der Waals surface area contributed by atoms with Crippen LogP contribution in [0.3, 0.4) is 0 Å². The highest BCUT2D eigenvalue weighted by atomic mass is 32.2. The highest BCUT2D eigenvalue weighted by Crippen LogP contribution is 2.41. The van der Waals surface area contributed by atoms with Gasteiger partial charge in [-0.3, -0.25) is 0 Å². The molecule has 2 atom stereocenters. The number of nitrogens with two attached hydrogens (primary N) is 2. The van der Waals surface area contributed by atoms with E-state index in [4.69, 9.17) is 10.9 Å². The molecule has 2 unspecified atom stereocenters. The summed E-state index contributed by atoms with van der Waals surface area (Å²) in [6.07, 6.45) is 3.86. The molecule has 5 nitrogen and oxygen atoms in total. The molecule has 0 radical (unpaired) electrons. The minimum Gasteiger partial charge on any atom is -0.396 e. The highest BCUT2D eigenvalue weighted by Gasteiger charge is 2.36. The average Bonchev–Trinajstić information content (AvgIpc) is 2.87. The summed E-state index contributed by atoms with van der Waals surface area (Å²) in [7, 11) is -3.76. The van der Waals surface area contributed by atoms with Crippen LogP contribution in [0.25, 0.3) is 0 Å². The first kappa shape index (κ1) is 12.7. The van der Waals surface area contributed by atoms with E-state index in [0.717, 1.165) is 30.6 Å². The number of benzene rings is 1. The summed E-state index contributed by atoms with van der Waals surface area (Å²) < 4.78 is 23.0. The van der Waals surface area contributed by atoms with Gasteiger partial charge in [-0.05, 0) is 36.8 Å². The molecule has 3 rings (SSSR count). The lowest BCUT2D eigenvalue weighted by atomic mass is 10.0. The van der Waals surface area contributed by atoms with Crippen molar-refractivity contribution in [2.24, 2.45) is 17.0 Å². The predicted octanol–water partition coefficient (Wildman–Crippen LogP) is 1.15. The van der Waals surface area contributed by atoms with Crippen molar-refractivity contribution in [2.45, 2.75) is 24.2 Å². The molecule has 2 fully saturated rings. The quantitative estimate of drug-likeness (QED) is 0.796. The zero-order chi connectivity index (χ0) is 13.6. The zero-order valence-corrected chi connectivity index (χ0v) is 11.6. The van der Waals surface area contributed by atoms with Gasteiger partial charge in [-0.2, -0.15) is 0 Å². The van der Waals surface area contributed by atoms with Crippen molar-refractivity contribution in [3.63, 3.8) is 0 Å². The second-order valence-electron chi connectivity index (χ2n) is 5.59. The molecule has 4 N–H and O–H groups in total. The zero-order valence-electron chi connectivity index (χ0n) is 10.7. The van der Waals surface area contributed by atoms with Crippen LogP contribution in [0.15, 0.2) is 23.1 Å². The van der Waals surface area contributed by atoms with E-state index < -0.39 is 10.0 Å². The van der Waals surface area contributed by atoms with Crippen molar-refractivity contribution >= 4 is 21.4 Å². The topological polar surface area (TPSA) is 89.4 Å². The molecule has 0 bridgehead atoms. The third kappa shape index (κ3) is 2.19. The molecule has 1 saturated carbocycles. The Morgan fingerprint density at radius 3 is 2.37 bits per heavy atom. The fraction of sp³-hybridized carbons (Fsp3) is 0.538. The first-order valence-corrected chi connectivity index (χ1v) is 8.17. The Morgan fingerprint density at radius 1 is 1.16 bits per heavy atom. The highest BCUT2D eigenvalue weighted by molar-refractivity contribution is 7.89. The van der Waals surface area contributed by atoms with Gasteiger partial charge in [0, 0.05) is 13.1 Å². The molecular weight excluding hydrogens is 262 g/mol. The van der Waals surface area contributed by atoms with E-state index in [9.17, 15) is 8.42 Å². The maximum absolute atomic E-state index is 11.5. The fourth-order valence-corrected chi connectivity index (χ4v) is 4.17. The van der Waals surface area contributed by atoms with Gasteiger partial charge >= 0.3 is 0 Å². The molecule has 1 aromatic carbocycles. The minimum absolute atomic E-state index is 0.0297. The second-order valence-corrected chi connectivity index (χ2v) is 7.12. The smallest absolute Gasteiger partial charge is 0.240 e. The van der Waals surface area contributed by atoms with E-state index in [-0.39, 0.29) is 10.6 Å². The largest absolute Gasteiger partial charge is 0.396 e. The van der Waals surface area contributed by atoms with Crippen molar-refractivity contribution < 1.29 is 8.42 Å². The molecule has 19 heavy (non-hydrogen) atoms. The van der Waals surface area contributed by atoms with E-state index >= 15 is 0 Å². The third-order valence-corrected chi connectivity index (χ3v) is 5.39. The van der Waals surface area contributed by atoms with Crippen molar-refractivity contribution in [1.29, 1.82) is 0 Å². The Morgan fingerprint density at radius 2 is 1.79 bits per heavy atom. The number of nitrogen functional groups attached to an aromatic ring is 1. The number of hydrogen-bond donors (Lipinski definition) is 2. The van der Waals surface area contributed by atoms with Crippen LogP contribution in [0.2, 0.25) is 0 Å². The Balaban J connectivity index is 1.94. The van der Waals surface area contributed by atoms with Gasteiger partial charge in [0.25, 0.3) is 0 Å². The third-order valence-electron chi connectivity index (χ3n) is 4.42. The maximum Gasteiger partial charge on any atom is 0.240 e. The van der Waals surface area contributed by atoms with Gasteiger partial charge in [0.1, 0.15) is 4.90 Å². The van der Waals surface area contributed by atoms with Gasteiger partial charge in [-0.1, -0.05) is 12.5 Å². The van der Waals surface area contributed by atoms with Crippen LogP contribution in [-0.2, 0) is 10.0 Å². The second kappa shape index (κ2) is 4.38. The molecule has 1 aliphatic carbocycles. The normalized spacial score (nSPS) is 26.7. The summed E-state index contributed by atoms with van der Waals surface area (Å²) >= 11 is 0. The van der Waals surface area contributed by atoms with Gasteiger partial charge in [-0.25, -0.2) is 13.6 Å². The van der Waals surface area contributed by atoms with Crippen LogP contribution in [-0.4, -0.2) is 21.5 Å². The van der Waals surface area contributed by atoms with Gasteiger partial charge in [-0.15, -0.1) is 0 Å². The minimum atomic E-state index is -3.76.